The highest BCUT2D eigenvalue weighted by atomic mass is 32.1. The predicted molar refractivity (Wildman–Crippen MR) is 75.2 cm³/mol. The molecule has 2 aromatic heterocycles. The molecule has 7 nitrogen and oxygen atoms in total. The van der Waals surface area contributed by atoms with Gasteiger partial charge in [0.05, 0.1) is 13.2 Å². The first-order valence-electron chi connectivity index (χ1n) is 5.82. The Balaban J connectivity index is 2.19. The van der Waals surface area contributed by atoms with Crippen LogP contribution in [0.1, 0.15) is 11.8 Å². The van der Waals surface area contributed by atoms with Crippen LogP contribution in [-0.2, 0) is 6.54 Å². The van der Waals surface area contributed by atoms with E-state index in [0.29, 0.717) is 12.6 Å². The van der Waals surface area contributed by atoms with Gasteiger partial charge in [-0.05, 0) is 18.4 Å². The highest BCUT2D eigenvalue weighted by molar-refractivity contribution is 7.09. The van der Waals surface area contributed by atoms with Crippen LogP contribution in [0.3, 0.4) is 0 Å². The molecule has 0 saturated carbocycles. The van der Waals surface area contributed by atoms with E-state index >= 15 is 0 Å². The molecule has 0 aliphatic carbocycles. The third-order valence-corrected chi connectivity index (χ3v) is 3.18. The maximum atomic E-state index is 5.35. The quantitative estimate of drug-likeness (QED) is 0.608. The molecule has 0 aliphatic heterocycles. The van der Waals surface area contributed by atoms with E-state index in [4.69, 9.17) is 10.6 Å². The summed E-state index contributed by atoms with van der Waals surface area (Å²) < 4.78 is 5.29. The molecule has 2 heterocycles. The van der Waals surface area contributed by atoms with Gasteiger partial charge in [0.15, 0.2) is 0 Å². The standard InChI is InChI=1S/C11H16N6OS/c1-3-18-11-14-9(16-12)13-10(15-11)17(2)7-8-5-4-6-19-8/h4-6H,3,7,12H2,1-2H3,(H,13,14,15,16). The summed E-state index contributed by atoms with van der Waals surface area (Å²) in [7, 11) is 1.91. The van der Waals surface area contributed by atoms with Crippen molar-refractivity contribution in [1.82, 2.24) is 15.0 Å². The van der Waals surface area contributed by atoms with Gasteiger partial charge in [-0.2, -0.15) is 15.0 Å². The lowest BCUT2D eigenvalue weighted by atomic mass is 10.4. The number of hydrogen-bond acceptors (Lipinski definition) is 8. The summed E-state index contributed by atoms with van der Waals surface area (Å²) in [6, 6.07) is 4.34. The van der Waals surface area contributed by atoms with E-state index in [-0.39, 0.29) is 12.0 Å². The number of hydrogen-bond donors (Lipinski definition) is 2. The van der Waals surface area contributed by atoms with Gasteiger partial charge in [0.1, 0.15) is 0 Å². The van der Waals surface area contributed by atoms with Crippen molar-refractivity contribution in [3.8, 4) is 6.01 Å². The Morgan fingerprint density at radius 1 is 1.42 bits per heavy atom. The summed E-state index contributed by atoms with van der Waals surface area (Å²) in [5, 5.41) is 2.04. The molecule has 0 aliphatic rings. The molecule has 102 valence electrons. The number of thiophene rings is 1. The maximum Gasteiger partial charge on any atom is 0.323 e. The molecule has 0 fully saturated rings. The van der Waals surface area contributed by atoms with Crippen LogP contribution in [0.4, 0.5) is 11.9 Å². The molecular weight excluding hydrogens is 264 g/mol. The number of aromatic nitrogens is 3. The zero-order valence-electron chi connectivity index (χ0n) is 10.8. The number of nitrogen functional groups attached to an aromatic ring is 1. The van der Waals surface area contributed by atoms with Crippen LogP contribution in [0.2, 0.25) is 0 Å². The molecule has 0 atom stereocenters. The average Bonchev–Trinajstić information content (AvgIpc) is 2.91. The molecule has 3 N–H and O–H groups in total. The van der Waals surface area contributed by atoms with Gasteiger partial charge in [-0.25, -0.2) is 5.84 Å². The molecule has 2 rings (SSSR count). The SMILES string of the molecule is CCOc1nc(NN)nc(N(C)Cc2cccs2)n1. The highest BCUT2D eigenvalue weighted by Crippen LogP contribution is 2.17. The fourth-order valence-corrected chi connectivity index (χ4v) is 2.24. The first-order valence-corrected chi connectivity index (χ1v) is 6.70. The van der Waals surface area contributed by atoms with Crippen molar-refractivity contribution in [3.05, 3.63) is 22.4 Å². The molecule has 0 saturated heterocycles. The minimum absolute atomic E-state index is 0.262. The lowest BCUT2D eigenvalue weighted by Crippen LogP contribution is -2.21. The van der Waals surface area contributed by atoms with Crippen LogP contribution in [-0.4, -0.2) is 28.6 Å². The topological polar surface area (TPSA) is 89.2 Å². The van der Waals surface area contributed by atoms with Gasteiger partial charge in [-0.1, -0.05) is 6.07 Å². The number of hydrazine groups is 1. The van der Waals surface area contributed by atoms with E-state index in [1.807, 2.05) is 30.3 Å². The molecule has 0 radical (unpaired) electrons. The van der Waals surface area contributed by atoms with Crippen molar-refractivity contribution < 1.29 is 4.74 Å². The molecular formula is C11H16N6OS. The van der Waals surface area contributed by atoms with Gasteiger partial charge in [0.2, 0.25) is 11.9 Å². The third kappa shape index (κ3) is 3.52. The van der Waals surface area contributed by atoms with E-state index in [2.05, 4.69) is 26.4 Å². The van der Waals surface area contributed by atoms with Crippen molar-refractivity contribution in [3.63, 3.8) is 0 Å². The zero-order valence-corrected chi connectivity index (χ0v) is 11.6. The van der Waals surface area contributed by atoms with E-state index in [1.54, 1.807) is 11.3 Å². The number of ether oxygens (including phenoxy) is 1. The first kappa shape index (κ1) is 13.5. The smallest absolute Gasteiger partial charge is 0.323 e. The van der Waals surface area contributed by atoms with Gasteiger partial charge < -0.3 is 9.64 Å². The number of nitrogens with two attached hydrogens (primary N) is 1. The lowest BCUT2D eigenvalue weighted by molar-refractivity contribution is 0.312. The molecule has 19 heavy (non-hydrogen) atoms. The molecule has 0 unspecified atom stereocenters. The normalized spacial score (nSPS) is 10.3. The Hall–Kier alpha value is -1.93. The van der Waals surface area contributed by atoms with E-state index in [9.17, 15) is 0 Å². The summed E-state index contributed by atoms with van der Waals surface area (Å²) in [4.78, 5) is 15.6. The van der Waals surface area contributed by atoms with Gasteiger partial charge in [0.25, 0.3) is 0 Å². The molecule has 0 spiro atoms. The molecule has 2 aromatic rings. The van der Waals surface area contributed by atoms with Crippen molar-refractivity contribution >= 4 is 23.2 Å². The molecule has 8 heteroatoms. The van der Waals surface area contributed by atoms with Crippen LogP contribution in [0.5, 0.6) is 6.01 Å². The van der Waals surface area contributed by atoms with Gasteiger partial charge in [0, 0.05) is 11.9 Å². The number of nitrogens with zero attached hydrogens (tertiary/aromatic N) is 4. The lowest BCUT2D eigenvalue weighted by Gasteiger charge is -2.17. The van der Waals surface area contributed by atoms with Crippen molar-refractivity contribution in [2.24, 2.45) is 5.84 Å². The van der Waals surface area contributed by atoms with Crippen molar-refractivity contribution in [2.45, 2.75) is 13.5 Å². The minimum Gasteiger partial charge on any atom is -0.464 e. The summed E-state index contributed by atoms with van der Waals surface area (Å²) in [5.41, 5.74) is 2.41. The van der Waals surface area contributed by atoms with E-state index in [0.717, 1.165) is 6.54 Å². The second-order valence-corrected chi connectivity index (χ2v) is 4.79. The van der Waals surface area contributed by atoms with Gasteiger partial charge >= 0.3 is 6.01 Å². The largest absolute Gasteiger partial charge is 0.464 e. The van der Waals surface area contributed by atoms with Gasteiger partial charge in [-0.15, -0.1) is 11.3 Å². The zero-order chi connectivity index (χ0) is 13.7. The molecule has 0 bridgehead atoms. The number of rotatable bonds is 6. The van der Waals surface area contributed by atoms with Crippen LogP contribution in [0.15, 0.2) is 17.5 Å². The highest BCUT2D eigenvalue weighted by Gasteiger charge is 2.11. The second kappa shape index (κ2) is 6.30. The molecule has 0 aromatic carbocycles. The van der Waals surface area contributed by atoms with E-state index in [1.165, 1.54) is 4.88 Å². The van der Waals surface area contributed by atoms with Crippen LogP contribution in [0, 0.1) is 0 Å². The van der Waals surface area contributed by atoms with Crippen molar-refractivity contribution in [1.29, 1.82) is 0 Å². The Bertz CT molecular complexity index is 518. The summed E-state index contributed by atoms with van der Waals surface area (Å²) in [6.07, 6.45) is 0. The second-order valence-electron chi connectivity index (χ2n) is 3.75. The van der Waals surface area contributed by atoms with E-state index < -0.39 is 0 Å². The average molecular weight is 280 g/mol. The predicted octanol–water partition coefficient (Wildman–Crippen LogP) is 1.25. The summed E-state index contributed by atoms with van der Waals surface area (Å²) >= 11 is 1.69. The van der Waals surface area contributed by atoms with Crippen LogP contribution < -0.4 is 20.9 Å². The Labute approximate surface area is 115 Å². The van der Waals surface area contributed by atoms with Gasteiger partial charge in [-0.3, -0.25) is 5.43 Å². The Morgan fingerprint density at radius 3 is 2.89 bits per heavy atom. The van der Waals surface area contributed by atoms with Crippen LogP contribution in [0.25, 0.3) is 0 Å². The maximum absolute atomic E-state index is 5.35. The van der Waals surface area contributed by atoms with Crippen molar-refractivity contribution in [2.75, 3.05) is 24.0 Å². The Kier molecular flexibility index (Phi) is 4.48. The van der Waals surface area contributed by atoms with Crippen LogP contribution >= 0.6 is 11.3 Å². The monoisotopic (exact) mass is 280 g/mol. The summed E-state index contributed by atoms with van der Waals surface area (Å²) in [5.74, 6) is 6.14. The molecule has 0 amide bonds. The minimum atomic E-state index is 0.262. The fourth-order valence-electron chi connectivity index (χ4n) is 1.48. The Morgan fingerprint density at radius 2 is 2.26 bits per heavy atom. The number of anilines is 2. The number of nitrogens with one attached hydrogen (secondary N) is 1. The fraction of sp³-hybridized carbons (Fsp3) is 0.364. The summed E-state index contributed by atoms with van der Waals surface area (Å²) in [6.45, 7) is 3.08. The first-order chi connectivity index (χ1) is 9.22. The third-order valence-electron chi connectivity index (χ3n) is 2.32.